The van der Waals surface area contributed by atoms with Gasteiger partial charge in [0.15, 0.2) is 0 Å². The lowest BCUT2D eigenvalue weighted by Gasteiger charge is -2.11. The summed E-state index contributed by atoms with van der Waals surface area (Å²) in [4.78, 5) is 27.8. The third-order valence-corrected chi connectivity index (χ3v) is 5.28. The molecule has 29 heavy (non-hydrogen) atoms. The van der Waals surface area contributed by atoms with Crippen molar-refractivity contribution in [3.8, 4) is 0 Å². The Balaban J connectivity index is 1.27. The Morgan fingerprint density at radius 1 is 1.00 bits per heavy atom. The quantitative estimate of drug-likeness (QED) is 0.579. The summed E-state index contributed by atoms with van der Waals surface area (Å²) in [5.74, 6) is -0.289. The molecule has 1 saturated heterocycles. The fourth-order valence-electron chi connectivity index (χ4n) is 3.64. The normalized spacial score (nSPS) is 16.1. The molecule has 3 aromatic rings. The van der Waals surface area contributed by atoms with Gasteiger partial charge in [-0.2, -0.15) is 0 Å². The van der Waals surface area contributed by atoms with E-state index in [9.17, 15) is 9.59 Å². The van der Waals surface area contributed by atoms with E-state index in [0.717, 1.165) is 31.4 Å². The van der Waals surface area contributed by atoms with E-state index in [0.29, 0.717) is 24.2 Å². The molecule has 150 valence electrons. The lowest BCUT2D eigenvalue weighted by molar-refractivity contribution is 0.0857. The molecule has 6 nitrogen and oxygen atoms in total. The molecule has 1 aliphatic heterocycles. The van der Waals surface area contributed by atoms with Crippen LogP contribution in [0.2, 0.25) is 0 Å². The molecule has 0 radical (unpaired) electrons. The first-order valence-electron chi connectivity index (χ1n) is 10.0. The second-order valence-electron chi connectivity index (χ2n) is 7.29. The molecule has 1 aromatic heterocycles. The molecule has 0 spiro atoms. The topological polar surface area (TPSA) is 83.2 Å². The number of hydrogen-bond acceptors (Lipinski definition) is 3. The Morgan fingerprint density at radius 3 is 2.45 bits per heavy atom. The van der Waals surface area contributed by atoms with Crippen molar-refractivity contribution in [1.29, 1.82) is 0 Å². The van der Waals surface area contributed by atoms with Gasteiger partial charge >= 0.3 is 0 Å². The standard InChI is InChI=1S/C23H25N3O3/c27-22(24-12-11-18-14-25-21-6-2-1-5-20(18)21)16-7-9-17(10-8-16)23(28)26-15-19-4-3-13-29-19/h1-2,5-10,14,19,25H,3-4,11-13,15H2,(H,24,27)(H,26,28). The van der Waals surface area contributed by atoms with E-state index < -0.39 is 0 Å². The Kier molecular flexibility index (Phi) is 5.91. The van der Waals surface area contributed by atoms with Crippen LogP contribution in [-0.4, -0.2) is 42.6 Å². The maximum absolute atomic E-state index is 12.4. The number of rotatable bonds is 7. The lowest BCUT2D eigenvalue weighted by atomic mass is 10.1. The van der Waals surface area contributed by atoms with Gasteiger partial charge in [0.05, 0.1) is 6.10 Å². The number of ether oxygens (including phenoxy) is 1. The smallest absolute Gasteiger partial charge is 0.251 e. The molecule has 1 atom stereocenters. The van der Waals surface area contributed by atoms with Gasteiger partial charge in [0.25, 0.3) is 11.8 Å². The lowest BCUT2D eigenvalue weighted by Crippen LogP contribution is -2.31. The average Bonchev–Trinajstić information content (AvgIpc) is 3.42. The molecule has 1 aliphatic rings. The maximum atomic E-state index is 12.4. The average molecular weight is 391 g/mol. The van der Waals surface area contributed by atoms with Gasteiger partial charge in [-0.05, 0) is 55.2 Å². The summed E-state index contributed by atoms with van der Waals surface area (Å²) < 4.78 is 5.51. The molecule has 1 fully saturated rings. The second kappa shape index (κ2) is 8.92. The van der Waals surface area contributed by atoms with E-state index in [1.165, 1.54) is 10.9 Å². The molecule has 0 saturated carbocycles. The Bertz CT molecular complexity index is 988. The predicted octanol–water partition coefficient (Wildman–Crippen LogP) is 3.05. The molecule has 2 aromatic carbocycles. The van der Waals surface area contributed by atoms with Crippen molar-refractivity contribution >= 4 is 22.7 Å². The summed E-state index contributed by atoms with van der Waals surface area (Å²) in [5, 5.41) is 7.01. The van der Waals surface area contributed by atoms with E-state index in [4.69, 9.17) is 4.74 Å². The summed E-state index contributed by atoms with van der Waals surface area (Å²) in [6, 6.07) is 14.8. The molecule has 0 bridgehead atoms. The van der Waals surface area contributed by atoms with Crippen LogP contribution in [0, 0.1) is 0 Å². The predicted molar refractivity (Wildman–Crippen MR) is 112 cm³/mol. The number of nitrogens with one attached hydrogen (secondary N) is 3. The third kappa shape index (κ3) is 4.66. The minimum Gasteiger partial charge on any atom is -0.376 e. The fourth-order valence-corrected chi connectivity index (χ4v) is 3.64. The number of carbonyl (C=O) groups excluding carboxylic acids is 2. The Labute approximate surface area is 169 Å². The van der Waals surface area contributed by atoms with E-state index in [1.807, 2.05) is 24.4 Å². The zero-order valence-corrected chi connectivity index (χ0v) is 16.2. The van der Waals surface area contributed by atoms with Gasteiger partial charge in [0.1, 0.15) is 0 Å². The van der Waals surface area contributed by atoms with Gasteiger partial charge in [-0.1, -0.05) is 18.2 Å². The molecule has 2 heterocycles. The molecule has 6 heteroatoms. The highest BCUT2D eigenvalue weighted by Crippen LogP contribution is 2.17. The largest absolute Gasteiger partial charge is 0.376 e. The SMILES string of the molecule is O=C(NCCc1c[nH]c2ccccc12)c1ccc(C(=O)NCC2CCCO2)cc1. The summed E-state index contributed by atoms with van der Waals surface area (Å²) >= 11 is 0. The zero-order valence-electron chi connectivity index (χ0n) is 16.2. The van der Waals surface area contributed by atoms with E-state index >= 15 is 0 Å². The van der Waals surface area contributed by atoms with E-state index in [1.54, 1.807) is 24.3 Å². The first kappa shape index (κ1) is 19.2. The first-order chi connectivity index (χ1) is 14.2. The van der Waals surface area contributed by atoms with Gasteiger partial charge in [0.2, 0.25) is 0 Å². The van der Waals surface area contributed by atoms with Crippen LogP contribution in [0.15, 0.2) is 54.7 Å². The number of amides is 2. The highest BCUT2D eigenvalue weighted by Gasteiger charge is 2.17. The number of para-hydroxylation sites is 1. The van der Waals surface area contributed by atoms with Crippen LogP contribution in [-0.2, 0) is 11.2 Å². The highest BCUT2D eigenvalue weighted by molar-refractivity contribution is 5.97. The molecular weight excluding hydrogens is 366 g/mol. The number of hydrogen-bond donors (Lipinski definition) is 3. The van der Waals surface area contributed by atoms with Crippen molar-refractivity contribution in [1.82, 2.24) is 15.6 Å². The van der Waals surface area contributed by atoms with Crippen molar-refractivity contribution in [3.63, 3.8) is 0 Å². The fraction of sp³-hybridized carbons (Fsp3) is 0.304. The van der Waals surface area contributed by atoms with Crippen LogP contribution in [0.4, 0.5) is 0 Å². The van der Waals surface area contributed by atoms with Crippen LogP contribution >= 0.6 is 0 Å². The van der Waals surface area contributed by atoms with Gasteiger partial charge in [-0.25, -0.2) is 0 Å². The minimum atomic E-state index is -0.146. The van der Waals surface area contributed by atoms with E-state index in [2.05, 4.69) is 21.7 Å². The highest BCUT2D eigenvalue weighted by atomic mass is 16.5. The van der Waals surface area contributed by atoms with Crippen molar-refractivity contribution in [2.45, 2.75) is 25.4 Å². The van der Waals surface area contributed by atoms with Crippen LogP contribution in [0.3, 0.4) is 0 Å². The molecule has 4 rings (SSSR count). The monoisotopic (exact) mass is 391 g/mol. The second-order valence-corrected chi connectivity index (χ2v) is 7.29. The number of benzene rings is 2. The Morgan fingerprint density at radius 2 is 1.72 bits per heavy atom. The van der Waals surface area contributed by atoms with Crippen molar-refractivity contribution in [2.75, 3.05) is 19.7 Å². The van der Waals surface area contributed by atoms with Crippen LogP contribution in [0.25, 0.3) is 10.9 Å². The summed E-state index contributed by atoms with van der Waals surface area (Å²) in [6.07, 6.45) is 4.88. The van der Waals surface area contributed by atoms with Gasteiger partial charge in [-0.15, -0.1) is 0 Å². The van der Waals surface area contributed by atoms with Crippen molar-refractivity contribution in [3.05, 3.63) is 71.4 Å². The van der Waals surface area contributed by atoms with Gasteiger partial charge < -0.3 is 20.4 Å². The Hall–Kier alpha value is -3.12. The summed E-state index contributed by atoms with van der Waals surface area (Å²) in [7, 11) is 0. The number of carbonyl (C=O) groups is 2. The van der Waals surface area contributed by atoms with E-state index in [-0.39, 0.29) is 17.9 Å². The summed E-state index contributed by atoms with van der Waals surface area (Å²) in [5.41, 5.74) is 3.36. The number of aromatic nitrogens is 1. The van der Waals surface area contributed by atoms with Gasteiger partial charge in [0, 0.05) is 47.9 Å². The zero-order chi connectivity index (χ0) is 20.1. The first-order valence-corrected chi connectivity index (χ1v) is 10.0. The molecule has 1 unspecified atom stereocenters. The van der Waals surface area contributed by atoms with Crippen LogP contribution in [0.1, 0.15) is 39.1 Å². The number of H-pyrrole nitrogens is 1. The minimum absolute atomic E-state index is 0.112. The number of fused-ring (bicyclic) bond motifs is 1. The number of aromatic amines is 1. The summed E-state index contributed by atoms with van der Waals surface area (Å²) in [6.45, 7) is 1.84. The third-order valence-electron chi connectivity index (χ3n) is 5.28. The van der Waals surface area contributed by atoms with Crippen LogP contribution in [0.5, 0.6) is 0 Å². The van der Waals surface area contributed by atoms with Crippen molar-refractivity contribution < 1.29 is 14.3 Å². The molecular formula is C23H25N3O3. The maximum Gasteiger partial charge on any atom is 0.251 e. The van der Waals surface area contributed by atoms with Crippen molar-refractivity contribution in [2.24, 2.45) is 0 Å². The molecule has 3 N–H and O–H groups in total. The molecule has 2 amide bonds. The van der Waals surface area contributed by atoms with Crippen LogP contribution < -0.4 is 10.6 Å². The van der Waals surface area contributed by atoms with Gasteiger partial charge in [-0.3, -0.25) is 9.59 Å². The molecule has 0 aliphatic carbocycles.